The molecule has 0 aliphatic carbocycles. The number of esters is 1. The standard InChI is InChI=1S/C21H27ClN6O4/c1-13(2)27-8-6-15(7-9-27)24-20(30)17-10-16(21(31)32-3)26-28(17)12-19(29)25-18-5-4-14(22)11-23-18/h4-5,10-11,13,15H,6-9,12H2,1-3H3,(H,24,30)(H,23,25,29). The predicted molar refractivity (Wildman–Crippen MR) is 119 cm³/mol. The summed E-state index contributed by atoms with van der Waals surface area (Å²) < 4.78 is 5.90. The Kier molecular flexibility index (Phi) is 7.81. The van der Waals surface area contributed by atoms with Crippen molar-refractivity contribution in [2.24, 2.45) is 0 Å². The molecule has 0 unspecified atom stereocenters. The highest BCUT2D eigenvalue weighted by Gasteiger charge is 2.26. The summed E-state index contributed by atoms with van der Waals surface area (Å²) in [5.41, 5.74) is 0.0561. The van der Waals surface area contributed by atoms with E-state index in [2.05, 4.69) is 39.5 Å². The van der Waals surface area contributed by atoms with Crippen LogP contribution < -0.4 is 10.6 Å². The van der Waals surface area contributed by atoms with Crippen molar-refractivity contribution in [3.05, 3.63) is 40.8 Å². The first kappa shape index (κ1) is 23.7. The van der Waals surface area contributed by atoms with Gasteiger partial charge in [-0.3, -0.25) is 9.59 Å². The zero-order valence-electron chi connectivity index (χ0n) is 18.3. The molecule has 2 amide bonds. The largest absolute Gasteiger partial charge is 0.464 e. The monoisotopic (exact) mass is 462 g/mol. The summed E-state index contributed by atoms with van der Waals surface area (Å²) in [6, 6.07) is 4.95. The number of halogens is 1. The Morgan fingerprint density at radius 3 is 2.56 bits per heavy atom. The van der Waals surface area contributed by atoms with Gasteiger partial charge in [-0.1, -0.05) is 11.6 Å². The minimum Gasteiger partial charge on any atom is -0.464 e. The summed E-state index contributed by atoms with van der Waals surface area (Å²) in [7, 11) is 1.22. The lowest BCUT2D eigenvalue weighted by Gasteiger charge is -2.34. The van der Waals surface area contributed by atoms with Crippen molar-refractivity contribution in [2.75, 3.05) is 25.5 Å². The van der Waals surface area contributed by atoms with E-state index in [1.54, 1.807) is 12.1 Å². The lowest BCUT2D eigenvalue weighted by molar-refractivity contribution is -0.116. The third-order valence-electron chi connectivity index (χ3n) is 5.29. The zero-order valence-corrected chi connectivity index (χ0v) is 19.1. The van der Waals surface area contributed by atoms with E-state index in [9.17, 15) is 14.4 Å². The molecular weight excluding hydrogens is 436 g/mol. The Bertz CT molecular complexity index is 967. The molecule has 1 aliphatic heterocycles. The summed E-state index contributed by atoms with van der Waals surface area (Å²) in [4.78, 5) is 43.7. The topological polar surface area (TPSA) is 118 Å². The van der Waals surface area contributed by atoms with Crippen molar-refractivity contribution in [3.63, 3.8) is 0 Å². The van der Waals surface area contributed by atoms with E-state index < -0.39 is 17.8 Å². The van der Waals surface area contributed by atoms with Crippen LogP contribution in [0.3, 0.4) is 0 Å². The molecule has 0 bridgehead atoms. The predicted octanol–water partition coefficient (Wildman–Crippen LogP) is 1.96. The number of nitrogens with one attached hydrogen (secondary N) is 2. The third-order valence-corrected chi connectivity index (χ3v) is 5.51. The van der Waals surface area contributed by atoms with Crippen LogP contribution in [-0.4, -0.2) is 69.7 Å². The van der Waals surface area contributed by atoms with E-state index in [0.29, 0.717) is 16.9 Å². The number of piperidine rings is 1. The molecule has 11 heteroatoms. The normalized spacial score (nSPS) is 14.9. The van der Waals surface area contributed by atoms with Gasteiger partial charge in [0.05, 0.1) is 12.1 Å². The number of ether oxygens (including phenoxy) is 1. The fourth-order valence-corrected chi connectivity index (χ4v) is 3.62. The van der Waals surface area contributed by atoms with E-state index in [-0.39, 0.29) is 24.0 Å². The second kappa shape index (κ2) is 10.6. The molecule has 3 heterocycles. The van der Waals surface area contributed by atoms with Crippen molar-refractivity contribution >= 4 is 35.2 Å². The first-order valence-electron chi connectivity index (χ1n) is 10.4. The molecule has 2 N–H and O–H groups in total. The second-order valence-corrected chi connectivity index (χ2v) is 8.29. The summed E-state index contributed by atoms with van der Waals surface area (Å²) in [6.07, 6.45) is 3.05. The van der Waals surface area contributed by atoms with E-state index in [4.69, 9.17) is 16.3 Å². The van der Waals surface area contributed by atoms with Gasteiger partial charge >= 0.3 is 5.97 Å². The number of hydrogen-bond donors (Lipinski definition) is 2. The van der Waals surface area contributed by atoms with Gasteiger partial charge < -0.3 is 20.3 Å². The van der Waals surface area contributed by atoms with Gasteiger partial charge in [0, 0.05) is 37.4 Å². The summed E-state index contributed by atoms with van der Waals surface area (Å²) >= 11 is 5.80. The number of pyridine rings is 1. The van der Waals surface area contributed by atoms with Crippen molar-refractivity contribution < 1.29 is 19.1 Å². The minimum atomic E-state index is -0.692. The maximum Gasteiger partial charge on any atom is 0.358 e. The molecule has 0 aromatic carbocycles. The van der Waals surface area contributed by atoms with Crippen LogP contribution in [0.4, 0.5) is 5.82 Å². The van der Waals surface area contributed by atoms with Gasteiger partial charge in [-0.05, 0) is 38.8 Å². The van der Waals surface area contributed by atoms with Crippen LogP contribution in [-0.2, 0) is 16.1 Å². The summed E-state index contributed by atoms with van der Waals surface area (Å²) in [6.45, 7) is 5.81. The number of aromatic nitrogens is 3. The van der Waals surface area contributed by atoms with E-state index in [0.717, 1.165) is 25.9 Å². The molecule has 172 valence electrons. The Morgan fingerprint density at radius 2 is 1.97 bits per heavy atom. The van der Waals surface area contributed by atoms with Gasteiger partial charge in [-0.25, -0.2) is 14.5 Å². The van der Waals surface area contributed by atoms with Crippen molar-refractivity contribution in [3.8, 4) is 0 Å². The molecule has 1 saturated heterocycles. The highest BCUT2D eigenvalue weighted by Crippen LogP contribution is 2.15. The molecule has 10 nitrogen and oxygen atoms in total. The molecule has 1 aliphatic rings. The number of nitrogens with zero attached hydrogens (tertiary/aromatic N) is 4. The van der Waals surface area contributed by atoms with Gasteiger partial charge in [0.2, 0.25) is 5.91 Å². The molecule has 0 saturated carbocycles. The fourth-order valence-electron chi connectivity index (χ4n) is 3.51. The van der Waals surface area contributed by atoms with Crippen LogP contribution in [0.15, 0.2) is 24.4 Å². The third kappa shape index (κ3) is 6.04. The van der Waals surface area contributed by atoms with Gasteiger partial charge in [0.15, 0.2) is 5.69 Å². The van der Waals surface area contributed by atoms with Crippen molar-refractivity contribution in [1.29, 1.82) is 0 Å². The number of anilines is 1. The fraction of sp³-hybridized carbons (Fsp3) is 0.476. The number of methoxy groups -OCH3 is 1. The van der Waals surface area contributed by atoms with Crippen LogP contribution in [0.5, 0.6) is 0 Å². The average Bonchev–Trinajstić information content (AvgIpc) is 3.19. The smallest absolute Gasteiger partial charge is 0.358 e. The number of hydrogen-bond acceptors (Lipinski definition) is 7. The molecule has 2 aromatic heterocycles. The molecule has 0 spiro atoms. The highest BCUT2D eigenvalue weighted by atomic mass is 35.5. The van der Waals surface area contributed by atoms with Crippen LogP contribution >= 0.6 is 11.6 Å². The van der Waals surface area contributed by atoms with Gasteiger partial charge in [-0.2, -0.15) is 5.10 Å². The summed E-state index contributed by atoms with van der Waals surface area (Å²) in [5, 5.41) is 10.1. The molecule has 1 fully saturated rings. The lowest BCUT2D eigenvalue weighted by Crippen LogP contribution is -2.47. The molecule has 32 heavy (non-hydrogen) atoms. The molecule has 0 atom stereocenters. The SMILES string of the molecule is COC(=O)c1cc(C(=O)NC2CCN(C(C)C)CC2)n(CC(=O)Nc2ccc(Cl)cn2)n1. The average molecular weight is 463 g/mol. The second-order valence-electron chi connectivity index (χ2n) is 7.85. The first-order valence-corrected chi connectivity index (χ1v) is 10.8. The summed E-state index contributed by atoms with van der Waals surface area (Å²) in [5.74, 6) is -1.24. The van der Waals surface area contributed by atoms with E-state index in [1.165, 1.54) is 24.1 Å². The van der Waals surface area contributed by atoms with Crippen LogP contribution in [0.1, 0.15) is 47.7 Å². The highest BCUT2D eigenvalue weighted by molar-refractivity contribution is 6.30. The van der Waals surface area contributed by atoms with Gasteiger partial charge in [0.25, 0.3) is 5.91 Å². The number of carbonyl (C=O) groups is 3. The van der Waals surface area contributed by atoms with Crippen molar-refractivity contribution in [2.45, 2.75) is 45.3 Å². The van der Waals surface area contributed by atoms with Crippen LogP contribution in [0.25, 0.3) is 0 Å². The van der Waals surface area contributed by atoms with Crippen LogP contribution in [0.2, 0.25) is 5.02 Å². The molecule has 0 radical (unpaired) electrons. The number of carbonyl (C=O) groups excluding carboxylic acids is 3. The molecule has 2 aromatic rings. The Balaban J connectivity index is 1.70. The van der Waals surface area contributed by atoms with Gasteiger partial charge in [0.1, 0.15) is 18.1 Å². The Labute approximate surface area is 191 Å². The Morgan fingerprint density at radius 1 is 1.25 bits per heavy atom. The maximum atomic E-state index is 13.0. The Hall–Kier alpha value is -2.98. The molecule has 3 rings (SSSR count). The van der Waals surface area contributed by atoms with E-state index in [1.807, 2.05) is 0 Å². The van der Waals surface area contributed by atoms with Crippen LogP contribution in [0, 0.1) is 0 Å². The number of amides is 2. The quantitative estimate of drug-likeness (QED) is 0.603. The first-order chi connectivity index (χ1) is 15.3. The lowest BCUT2D eigenvalue weighted by atomic mass is 10.0. The minimum absolute atomic E-state index is 0.00882. The zero-order chi connectivity index (χ0) is 23.3. The van der Waals surface area contributed by atoms with Crippen molar-refractivity contribution in [1.82, 2.24) is 25.0 Å². The van der Waals surface area contributed by atoms with E-state index >= 15 is 0 Å². The maximum absolute atomic E-state index is 13.0. The molecular formula is C21H27ClN6O4. The van der Waals surface area contributed by atoms with Gasteiger partial charge in [-0.15, -0.1) is 0 Å². The number of likely N-dealkylation sites (tertiary alicyclic amines) is 1. The number of rotatable bonds is 7.